The Morgan fingerprint density at radius 2 is 1.85 bits per heavy atom. The Bertz CT molecular complexity index is 363. The van der Waals surface area contributed by atoms with Gasteiger partial charge in [0, 0.05) is 32.1 Å². The van der Waals surface area contributed by atoms with E-state index < -0.39 is 11.7 Å². The first-order valence-electron chi connectivity index (χ1n) is 7.06. The van der Waals surface area contributed by atoms with E-state index in [4.69, 9.17) is 10.5 Å². The number of nitrogens with one attached hydrogen (secondary N) is 1. The number of alkyl carbamates (subject to hydrolysis) is 1. The lowest BCUT2D eigenvalue weighted by atomic mass is 9.82. The summed E-state index contributed by atoms with van der Waals surface area (Å²) in [5, 5.41) is 2.80. The van der Waals surface area contributed by atoms with E-state index in [1.807, 2.05) is 20.8 Å². The van der Waals surface area contributed by atoms with Crippen molar-refractivity contribution in [2.75, 3.05) is 14.1 Å². The lowest BCUT2D eigenvalue weighted by molar-refractivity contribution is -0.134. The van der Waals surface area contributed by atoms with Crippen LogP contribution in [0.25, 0.3) is 0 Å². The first kappa shape index (κ1) is 16.8. The zero-order valence-corrected chi connectivity index (χ0v) is 13.1. The highest BCUT2D eigenvalue weighted by Crippen LogP contribution is 2.25. The van der Waals surface area contributed by atoms with Gasteiger partial charge in [-0.2, -0.15) is 0 Å². The van der Waals surface area contributed by atoms with Gasteiger partial charge in [-0.15, -0.1) is 0 Å². The molecular weight excluding hydrogens is 258 g/mol. The number of rotatable bonds is 2. The van der Waals surface area contributed by atoms with Gasteiger partial charge in [-0.05, 0) is 40.0 Å². The number of carbonyl (C=O) groups is 2. The number of amides is 2. The monoisotopic (exact) mass is 285 g/mol. The molecule has 0 saturated heterocycles. The zero-order chi connectivity index (χ0) is 15.5. The number of hydrogen-bond acceptors (Lipinski definition) is 4. The Hall–Kier alpha value is -1.30. The molecule has 6 heteroatoms. The fourth-order valence-electron chi connectivity index (χ4n) is 2.43. The second-order valence-electron chi connectivity index (χ2n) is 6.66. The van der Waals surface area contributed by atoms with Crippen molar-refractivity contribution < 1.29 is 14.3 Å². The van der Waals surface area contributed by atoms with Crippen molar-refractivity contribution in [1.29, 1.82) is 0 Å². The lowest BCUT2D eigenvalue weighted by Crippen LogP contribution is -2.53. The maximum absolute atomic E-state index is 11.9. The third-order valence-corrected chi connectivity index (χ3v) is 3.39. The molecule has 1 aliphatic carbocycles. The second-order valence-corrected chi connectivity index (χ2v) is 6.66. The molecule has 1 saturated carbocycles. The van der Waals surface area contributed by atoms with E-state index in [1.165, 1.54) is 0 Å². The van der Waals surface area contributed by atoms with Crippen LogP contribution in [0.2, 0.25) is 0 Å². The van der Waals surface area contributed by atoms with E-state index in [9.17, 15) is 9.59 Å². The van der Waals surface area contributed by atoms with Crippen molar-refractivity contribution in [2.45, 2.75) is 57.7 Å². The predicted octanol–water partition coefficient (Wildman–Crippen LogP) is 1.10. The van der Waals surface area contributed by atoms with E-state index in [-0.39, 0.29) is 23.9 Å². The Balaban J connectivity index is 2.49. The minimum Gasteiger partial charge on any atom is -0.444 e. The van der Waals surface area contributed by atoms with Gasteiger partial charge in [0.15, 0.2) is 0 Å². The molecule has 3 atom stereocenters. The van der Waals surface area contributed by atoms with Crippen molar-refractivity contribution in [3.63, 3.8) is 0 Å². The molecular formula is C14H27N3O3. The molecule has 1 rings (SSSR count). The number of hydrogen-bond donors (Lipinski definition) is 2. The van der Waals surface area contributed by atoms with Gasteiger partial charge >= 0.3 is 6.09 Å². The SMILES string of the molecule is CN(C)C(=O)[C@@H]1CC[C@H](NC(=O)OC(C)(C)C)[C@@H](N)C1. The van der Waals surface area contributed by atoms with Crippen molar-refractivity contribution in [1.82, 2.24) is 10.2 Å². The van der Waals surface area contributed by atoms with Gasteiger partial charge in [-0.1, -0.05) is 0 Å². The Labute approximate surface area is 121 Å². The van der Waals surface area contributed by atoms with Crippen molar-refractivity contribution in [3.8, 4) is 0 Å². The standard InChI is InChI=1S/C14H27N3O3/c1-14(2,3)20-13(19)16-11-7-6-9(8-10(11)15)12(18)17(4)5/h9-11H,6-8,15H2,1-5H3,(H,16,19)/t9-,10+,11+/m1/s1. The predicted molar refractivity (Wildman–Crippen MR) is 77.2 cm³/mol. The molecule has 6 nitrogen and oxygen atoms in total. The zero-order valence-electron chi connectivity index (χ0n) is 13.1. The van der Waals surface area contributed by atoms with E-state index in [0.717, 1.165) is 6.42 Å². The van der Waals surface area contributed by atoms with Crippen LogP contribution >= 0.6 is 0 Å². The maximum atomic E-state index is 11.9. The van der Waals surface area contributed by atoms with Crippen molar-refractivity contribution >= 4 is 12.0 Å². The lowest BCUT2D eigenvalue weighted by Gasteiger charge is -2.35. The fourth-order valence-corrected chi connectivity index (χ4v) is 2.43. The first-order chi connectivity index (χ1) is 9.10. The number of nitrogens with two attached hydrogens (primary N) is 1. The van der Waals surface area contributed by atoms with Crippen molar-refractivity contribution in [3.05, 3.63) is 0 Å². The normalized spacial score (nSPS) is 26.8. The molecule has 2 amide bonds. The summed E-state index contributed by atoms with van der Waals surface area (Å²) in [5.74, 6) is 0.0628. The van der Waals surface area contributed by atoms with Crippen LogP contribution in [0.3, 0.4) is 0 Å². The summed E-state index contributed by atoms with van der Waals surface area (Å²) < 4.78 is 5.22. The van der Waals surface area contributed by atoms with Gasteiger partial charge in [-0.25, -0.2) is 4.79 Å². The Kier molecular flexibility index (Phi) is 5.39. The topological polar surface area (TPSA) is 84.7 Å². The van der Waals surface area contributed by atoms with Crippen LogP contribution in [-0.2, 0) is 9.53 Å². The van der Waals surface area contributed by atoms with Gasteiger partial charge in [0.05, 0.1) is 0 Å². The van der Waals surface area contributed by atoms with E-state index >= 15 is 0 Å². The van der Waals surface area contributed by atoms with Crippen LogP contribution in [0, 0.1) is 5.92 Å². The number of nitrogens with zero attached hydrogens (tertiary/aromatic N) is 1. The molecule has 1 fully saturated rings. The van der Waals surface area contributed by atoms with E-state index in [1.54, 1.807) is 19.0 Å². The van der Waals surface area contributed by atoms with Crippen molar-refractivity contribution in [2.24, 2.45) is 11.7 Å². The molecule has 0 aliphatic heterocycles. The summed E-state index contributed by atoms with van der Waals surface area (Å²) in [6.45, 7) is 5.46. The van der Waals surface area contributed by atoms with Crippen LogP contribution in [0.1, 0.15) is 40.0 Å². The molecule has 0 spiro atoms. The summed E-state index contributed by atoms with van der Waals surface area (Å²) in [6, 6.07) is -0.346. The third kappa shape index (κ3) is 5.00. The third-order valence-electron chi connectivity index (χ3n) is 3.39. The molecule has 116 valence electrons. The number of carbonyl (C=O) groups excluding carboxylic acids is 2. The van der Waals surface area contributed by atoms with Crippen LogP contribution in [0.4, 0.5) is 4.79 Å². The molecule has 0 aromatic carbocycles. The minimum atomic E-state index is -0.522. The quantitative estimate of drug-likeness (QED) is 0.795. The molecule has 0 radical (unpaired) electrons. The second kappa shape index (κ2) is 6.43. The van der Waals surface area contributed by atoms with Gasteiger partial charge in [-0.3, -0.25) is 4.79 Å². The molecule has 20 heavy (non-hydrogen) atoms. The van der Waals surface area contributed by atoms with Gasteiger partial charge < -0.3 is 20.7 Å². The maximum Gasteiger partial charge on any atom is 0.407 e. The summed E-state index contributed by atoms with van der Waals surface area (Å²) in [4.78, 5) is 25.2. The fraction of sp³-hybridized carbons (Fsp3) is 0.857. The highest BCUT2D eigenvalue weighted by Gasteiger charge is 2.34. The molecule has 0 bridgehead atoms. The number of ether oxygens (including phenoxy) is 1. The van der Waals surface area contributed by atoms with Crippen LogP contribution in [0.5, 0.6) is 0 Å². The highest BCUT2D eigenvalue weighted by molar-refractivity contribution is 5.78. The largest absolute Gasteiger partial charge is 0.444 e. The summed E-state index contributed by atoms with van der Waals surface area (Å²) in [5.41, 5.74) is 5.56. The molecule has 0 aromatic rings. The Morgan fingerprint density at radius 3 is 2.30 bits per heavy atom. The summed E-state index contributed by atoms with van der Waals surface area (Å²) in [7, 11) is 3.50. The summed E-state index contributed by atoms with van der Waals surface area (Å²) >= 11 is 0. The highest BCUT2D eigenvalue weighted by atomic mass is 16.6. The van der Waals surface area contributed by atoms with Crippen LogP contribution in [-0.4, -0.2) is 48.7 Å². The molecule has 1 aliphatic rings. The molecule has 3 N–H and O–H groups in total. The minimum absolute atomic E-state index is 0.0447. The van der Waals surface area contributed by atoms with E-state index in [0.29, 0.717) is 12.8 Å². The molecule has 0 aromatic heterocycles. The van der Waals surface area contributed by atoms with Gasteiger partial charge in [0.2, 0.25) is 5.91 Å². The van der Waals surface area contributed by atoms with E-state index in [2.05, 4.69) is 5.32 Å². The van der Waals surface area contributed by atoms with Crippen LogP contribution < -0.4 is 11.1 Å². The first-order valence-corrected chi connectivity index (χ1v) is 7.06. The van der Waals surface area contributed by atoms with Gasteiger partial charge in [0.25, 0.3) is 0 Å². The average Bonchev–Trinajstić information content (AvgIpc) is 2.28. The average molecular weight is 285 g/mol. The van der Waals surface area contributed by atoms with Gasteiger partial charge in [0.1, 0.15) is 5.60 Å². The Morgan fingerprint density at radius 1 is 1.25 bits per heavy atom. The smallest absolute Gasteiger partial charge is 0.407 e. The molecule has 0 unspecified atom stereocenters. The van der Waals surface area contributed by atoms with Crippen LogP contribution in [0.15, 0.2) is 0 Å². The summed E-state index contributed by atoms with van der Waals surface area (Å²) in [6.07, 6.45) is 1.59. The molecule has 0 heterocycles.